The molecule has 2 heterocycles. The Morgan fingerprint density at radius 1 is 1.10 bits per heavy atom. The minimum atomic E-state index is -0.697. The van der Waals surface area contributed by atoms with Crippen molar-refractivity contribution in [1.29, 1.82) is 5.26 Å². The maximum absolute atomic E-state index is 12.5. The van der Waals surface area contributed by atoms with Gasteiger partial charge in [-0.25, -0.2) is 9.59 Å². The molecule has 1 aromatic carbocycles. The lowest BCUT2D eigenvalue weighted by Crippen LogP contribution is -2.36. The molecule has 8 nitrogen and oxygen atoms in total. The third kappa shape index (κ3) is 4.15. The second-order valence-electron chi connectivity index (χ2n) is 6.23. The number of esters is 2. The first-order chi connectivity index (χ1) is 14.1. The summed E-state index contributed by atoms with van der Waals surface area (Å²) in [5.41, 5.74) is 1.86. The van der Waals surface area contributed by atoms with Gasteiger partial charge in [-0.15, -0.1) is 0 Å². The molecule has 0 spiro atoms. The smallest absolute Gasteiger partial charge is 0.355 e. The van der Waals surface area contributed by atoms with Crippen LogP contribution in [0.3, 0.4) is 0 Å². The van der Waals surface area contributed by atoms with E-state index < -0.39 is 11.9 Å². The molecule has 0 radical (unpaired) electrons. The van der Waals surface area contributed by atoms with Gasteiger partial charge in [-0.05, 0) is 30.4 Å². The van der Waals surface area contributed by atoms with Crippen molar-refractivity contribution in [2.24, 2.45) is 0 Å². The van der Waals surface area contributed by atoms with Crippen LogP contribution in [0.4, 0.5) is 11.4 Å². The van der Waals surface area contributed by atoms with Crippen molar-refractivity contribution in [1.82, 2.24) is 0 Å². The minimum absolute atomic E-state index is 0.00682. The zero-order valence-electron chi connectivity index (χ0n) is 16.3. The van der Waals surface area contributed by atoms with E-state index in [0.717, 1.165) is 5.69 Å². The molecule has 2 aliphatic heterocycles. The first kappa shape index (κ1) is 20.2. The number of rotatable bonds is 4. The molecule has 0 unspecified atom stereocenters. The van der Waals surface area contributed by atoms with E-state index in [1.807, 2.05) is 6.07 Å². The zero-order valence-corrected chi connectivity index (χ0v) is 16.3. The summed E-state index contributed by atoms with van der Waals surface area (Å²) in [6, 6.07) is 7.52. The summed E-state index contributed by atoms with van der Waals surface area (Å²) in [4.78, 5) is 28.4. The van der Waals surface area contributed by atoms with Crippen LogP contribution in [0.5, 0.6) is 0 Å². The van der Waals surface area contributed by atoms with Crippen LogP contribution in [-0.2, 0) is 23.8 Å². The number of carbonyl (C=O) groups is 2. The molecule has 0 aromatic heterocycles. The number of carbonyl (C=O) groups excluding carboxylic acids is 2. The highest BCUT2D eigenvalue weighted by Gasteiger charge is 2.28. The van der Waals surface area contributed by atoms with Crippen molar-refractivity contribution in [3.63, 3.8) is 0 Å². The summed E-state index contributed by atoms with van der Waals surface area (Å²) >= 11 is 0. The van der Waals surface area contributed by atoms with Gasteiger partial charge >= 0.3 is 11.9 Å². The number of nitriles is 1. The number of allylic oxidation sites excluding steroid dienone is 2. The number of hydrogen-bond donors (Lipinski definition) is 0. The van der Waals surface area contributed by atoms with Crippen LogP contribution < -0.4 is 9.80 Å². The van der Waals surface area contributed by atoms with E-state index in [1.54, 1.807) is 30.5 Å². The Kier molecular flexibility index (Phi) is 6.32. The quantitative estimate of drug-likeness (QED) is 0.714. The summed E-state index contributed by atoms with van der Waals surface area (Å²) in [5.74, 6) is -1.36. The lowest BCUT2D eigenvalue weighted by molar-refractivity contribution is -0.139. The molecule has 29 heavy (non-hydrogen) atoms. The fourth-order valence-corrected chi connectivity index (χ4v) is 3.21. The minimum Gasteiger partial charge on any atom is -0.465 e. The lowest BCUT2D eigenvalue weighted by Gasteiger charge is -2.30. The van der Waals surface area contributed by atoms with E-state index in [1.165, 1.54) is 25.2 Å². The van der Waals surface area contributed by atoms with Crippen LogP contribution in [0.2, 0.25) is 0 Å². The van der Waals surface area contributed by atoms with Gasteiger partial charge in [-0.3, -0.25) is 0 Å². The van der Waals surface area contributed by atoms with E-state index in [0.29, 0.717) is 37.6 Å². The second kappa shape index (κ2) is 9.08. The van der Waals surface area contributed by atoms with Gasteiger partial charge in [-0.2, -0.15) is 5.26 Å². The Morgan fingerprint density at radius 3 is 2.48 bits per heavy atom. The maximum Gasteiger partial charge on any atom is 0.355 e. The average molecular weight is 395 g/mol. The number of morpholine rings is 1. The monoisotopic (exact) mass is 395 g/mol. The molecule has 8 heteroatoms. The van der Waals surface area contributed by atoms with Gasteiger partial charge in [0, 0.05) is 25.0 Å². The largest absolute Gasteiger partial charge is 0.465 e. The average Bonchev–Trinajstić information content (AvgIpc) is 3.01. The summed E-state index contributed by atoms with van der Waals surface area (Å²) < 4.78 is 15.1. The van der Waals surface area contributed by atoms with Crippen molar-refractivity contribution in [2.45, 2.75) is 0 Å². The molecule has 0 bridgehead atoms. The predicted molar refractivity (Wildman–Crippen MR) is 106 cm³/mol. The number of nitrogens with zero attached hydrogens (tertiary/aromatic N) is 3. The van der Waals surface area contributed by atoms with Crippen LogP contribution >= 0.6 is 0 Å². The Bertz CT molecular complexity index is 936. The SMILES string of the molecule is COC(=O)C1=C(C(=O)OC)N(c2ccc(N3CCOCC3)c(C#N)c2)C=CC=C1. The Balaban J connectivity index is 2.08. The van der Waals surface area contributed by atoms with Gasteiger partial charge in [0.25, 0.3) is 0 Å². The molecule has 0 amide bonds. The standard InChI is InChI=1S/C21H21N3O5/c1-27-20(25)17-5-3-4-8-24(19(17)21(26)28-2)16-6-7-18(15(13-16)14-22)23-9-11-29-12-10-23/h3-8,13H,9-12H2,1-2H3. The van der Waals surface area contributed by atoms with Gasteiger partial charge in [0.15, 0.2) is 0 Å². The first-order valence-corrected chi connectivity index (χ1v) is 9.02. The molecule has 3 rings (SSSR count). The molecule has 2 aliphatic rings. The first-order valence-electron chi connectivity index (χ1n) is 9.02. The number of benzene rings is 1. The van der Waals surface area contributed by atoms with E-state index in [2.05, 4.69) is 11.0 Å². The molecule has 0 atom stereocenters. The molecule has 0 N–H and O–H groups in total. The fourth-order valence-electron chi connectivity index (χ4n) is 3.21. The molecular weight excluding hydrogens is 374 g/mol. The highest BCUT2D eigenvalue weighted by molar-refractivity contribution is 6.05. The molecule has 1 aromatic rings. The third-order valence-corrected chi connectivity index (χ3v) is 4.62. The zero-order chi connectivity index (χ0) is 20.8. The van der Waals surface area contributed by atoms with Crippen LogP contribution in [-0.4, -0.2) is 52.5 Å². The summed E-state index contributed by atoms with van der Waals surface area (Å²) in [6.07, 6.45) is 6.43. The topological polar surface area (TPSA) is 92.1 Å². The van der Waals surface area contributed by atoms with Gasteiger partial charge in [0.05, 0.1) is 44.3 Å². The van der Waals surface area contributed by atoms with Gasteiger partial charge in [-0.1, -0.05) is 6.08 Å². The second-order valence-corrected chi connectivity index (χ2v) is 6.23. The van der Waals surface area contributed by atoms with E-state index >= 15 is 0 Å². The van der Waals surface area contributed by atoms with Crippen LogP contribution in [0.25, 0.3) is 0 Å². The normalized spacial score (nSPS) is 16.3. The van der Waals surface area contributed by atoms with Crippen LogP contribution in [0, 0.1) is 11.3 Å². The van der Waals surface area contributed by atoms with Crippen molar-refractivity contribution >= 4 is 23.3 Å². The number of methoxy groups -OCH3 is 2. The highest BCUT2D eigenvalue weighted by Crippen LogP contribution is 2.31. The van der Waals surface area contributed by atoms with Crippen molar-refractivity contribution < 1.29 is 23.8 Å². The number of anilines is 2. The Morgan fingerprint density at radius 2 is 1.83 bits per heavy atom. The molecule has 1 fully saturated rings. The van der Waals surface area contributed by atoms with Crippen molar-refractivity contribution in [2.75, 3.05) is 50.3 Å². The molecule has 1 saturated heterocycles. The van der Waals surface area contributed by atoms with E-state index in [9.17, 15) is 14.9 Å². The van der Waals surface area contributed by atoms with Crippen LogP contribution in [0.15, 0.2) is 53.9 Å². The fraction of sp³-hybridized carbons (Fsp3) is 0.286. The Hall–Kier alpha value is -3.57. The third-order valence-electron chi connectivity index (χ3n) is 4.62. The molecule has 150 valence electrons. The molecular formula is C21H21N3O5. The van der Waals surface area contributed by atoms with Gasteiger partial charge in [0.1, 0.15) is 11.8 Å². The van der Waals surface area contributed by atoms with E-state index in [-0.39, 0.29) is 11.3 Å². The lowest BCUT2D eigenvalue weighted by atomic mass is 10.1. The van der Waals surface area contributed by atoms with Gasteiger partial charge in [0.2, 0.25) is 0 Å². The number of hydrogen-bond acceptors (Lipinski definition) is 8. The summed E-state index contributed by atoms with van der Waals surface area (Å²) in [5, 5.41) is 9.69. The molecule has 0 aliphatic carbocycles. The summed E-state index contributed by atoms with van der Waals surface area (Å²) in [7, 11) is 2.48. The molecule has 0 saturated carbocycles. The van der Waals surface area contributed by atoms with Crippen molar-refractivity contribution in [3.05, 3.63) is 59.5 Å². The summed E-state index contributed by atoms with van der Waals surface area (Å²) in [6.45, 7) is 2.60. The number of ether oxygens (including phenoxy) is 3. The van der Waals surface area contributed by atoms with Gasteiger partial charge < -0.3 is 24.0 Å². The van der Waals surface area contributed by atoms with E-state index in [4.69, 9.17) is 14.2 Å². The van der Waals surface area contributed by atoms with Crippen molar-refractivity contribution in [3.8, 4) is 6.07 Å². The highest BCUT2D eigenvalue weighted by atomic mass is 16.5. The maximum atomic E-state index is 12.5. The van der Waals surface area contributed by atoms with Crippen LogP contribution in [0.1, 0.15) is 5.56 Å². The predicted octanol–water partition coefficient (Wildman–Crippen LogP) is 1.88. The Labute approximate surface area is 168 Å².